The maximum atomic E-state index is 15.4. The summed E-state index contributed by atoms with van der Waals surface area (Å²) in [6, 6.07) is 6.86. The van der Waals surface area contributed by atoms with Gasteiger partial charge in [-0.05, 0) is 72.6 Å². The number of ether oxygens (including phenoxy) is 1. The van der Waals surface area contributed by atoms with E-state index in [1.54, 1.807) is 18.7 Å². The summed E-state index contributed by atoms with van der Waals surface area (Å²) >= 11 is 0. The molecule has 2 atom stereocenters. The minimum Gasteiger partial charge on any atom is -0.384 e. The van der Waals surface area contributed by atoms with Gasteiger partial charge >= 0.3 is 5.92 Å². The number of alkyl halides is 2. The van der Waals surface area contributed by atoms with E-state index in [1.165, 1.54) is 12.1 Å². The third kappa shape index (κ3) is 4.24. The van der Waals surface area contributed by atoms with E-state index in [4.69, 9.17) is 4.74 Å². The van der Waals surface area contributed by atoms with Gasteiger partial charge in [-0.3, -0.25) is 4.79 Å². The second-order valence-electron chi connectivity index (χ2n) is 11.1. The fraction of sp³-hybridized carbons (Fsp3) is 0.483. The number of halogens is 3. The molecule has 2 N–H and O–H groups in total. The van der Waals surface area contributed by atoms with E-state index in [0.29, 0.717) is 23.5 Å². The number of amides is 1. The van der Waals surface area contributed by atoms with Crippen molar-refractivity contribution in [3.05, 3.63) is 58.5 Å². The Morgan fingerprint density at radius 1 is 1.23 bits per heavy atom. The fourth-order valence-electron chi connectivity index (χ4n) is 5.32. The summed E-state index contributed by atoms with van der Waals surface area (Å²) in [6.07, 6.45) is 1.82. The molecule has 2 heterocycles. The van der Waals surface area contributed by atoms with Gasteiger partial charge in [0.25, 0.3) is 5.91 Å². The lowest BCUT2D eigenvalue weighted by molar-refractivity contribution is -0.170. The molecule has 2 aromatic carbocycles. The van der Waals surface area contributed by atoms with Crippen molar-refractivity contribution in [3.8, 4) is 0 Å². The van der Waals surface area contributed by atoms with Crippen LogP contribution < -0.4 is 10.2 Å². The van der Waals surface area contributed by atoms with E-state index < -0.39 is 34.5 Å². The zero-order valence-corrected chi connectivity index (χ0v) is 22.9. The molecule has 1 aliphatic carbocycles. The first kappa shape index (κ1) is 27.3. The molecule has 1 unspecified atom stereocenters. The first-order chi connectivity index (χ1) is 18.2. The molecular formula is C29H33F3N4O3. The lowest BCUT2D eigenvalue weighted by atomic mass is 9.91. The van der Waals surface area contributed by atoms with Gasteiger partial charge in [0.05, 0.1) is 23.0 Å². The predicted molar refractivity (Wildman–Crippen MR) is 142 cm³/mol. The molecule has 1 aliphatic heterocycles. The van der Waals surface area contributed by atoms with Gasteiger partial charge in [-0.25, -0.2) is 4.39 Å². The van der Waals surface area contributed by atoms with E-state index in [0.717, 1.165) is 49.4 Å². The van der Waals surface area contributed by atoms with Crippen LogP contribution in [0.1, 0.15) is 75.9 Å². The highest BCUT2D eigenvalue weighted by atomic mass is 19.3. The number of fused-ring (bicyclic) bond motifs is 2. The molecule has 208 valence electrons. The maximum absolute atomic E-state index is 15.4. The number of nitrogens with zero attached hydrogens (tertiary/aromatic N) is 3. The number of hydrogen-bond donors (Lipinski definition) is 2. The van der Waals surface area contributed by atoms with E-state index >= 15 is 4.39 Å². The maximum Gasteiger partial charge on any atom is 0.303 e. The second kappa shape index (κ2) is 9.16. The second-order valence-corrected chi connectivity index (χ2v) is 11.1. The van der Waals surface area contributed by atoms with Crippen molar-refractivity contribution < 1.29 is 27.8 Å². The van der Waals surface area contributed by atoms with Gasteiger partial charge in [0, 0.05) is 34.5 Å². The number of aromatic nitrogens is 2. The molecule has 0 radical (unpaired) electrons. The molecule has 5 rings (SSSR count). The summed E-state index contributed by atoms with van der Waals surface area (Å²) < 4.78 is 51.1. The molecule has 0 bridgehead atoms. The Hall–Kier alpha value is -3.24. The van der Waals surface area contributed by atoms with Crippen molar-refractivity contribution in [1.29, 1.82) is 0 Å². The van der Waals surface area contributed by atoms with Crippen molar-refractivity contribution in [2.24, 2.45) is 0 Å². The average Bonchev–Trinajstić information content (AvgIpc) is 3.67. The Bertz CT molecular complexity index is 1470. The van der Waals surface area contributed by atoms with Crippen LogP contribution in [0.15, 0.2) is 30.3 Å². The molecule has 1 aromatic heterocycles. The Kier molecular flexibility index (Phi) is 6.42. The monoisotopic (exact) mass is 542 g/mol. The van der Waals surface area contributed by atoms with Crippen molar-refractivity contribution in [1.82, 2.24) is 10.2 Å². The fourth-order valence-corrected chi connectivity index (χ4v) is 5.32. The van der Waals surface area contributed by atoms with E-state index in [-0.39, 0.29) is 17.5 Å². The summed E-state index contributed by atoms with van der Waals surface area (Å²) in [5, 5.41) is 23.1. The Labute approximate surface area is 225 Å². The zero-order valence-electron chi connectivity index (χ0n) is 22.9. The summed E-state index contributed by atoms with van der Waals surface area (Å²) in [6.45, 7) is 9.34. The Morgan fingerprint density at radius 2 is 1.92 bits per heavy atom. The van der Waals surface area contributed by atoms with Gasteiger partial charge in [-0.1, -0.05) is 12.1 Å². The van der Waals surface area contributed by atoms with Crippen LogP contribution in [0.25, 0.3) is 10.8 Å². The molecule has 1 amide bonds. The van der Waals surface area contributed by atoms with E-state index in [2.05, 4.69) is 15.5 Å². The predicted octanol–water partition coefficient (Wildman–Crippen LogP) is 5.87. The standard InChI is InChI=1S/C29H33F3N4O3/c1-7-39-28(6)22-13-19-16(3)34-35-25(20(19)14-23(22)36(26(28)37)17-11-12-17)33-15(2)18-9-8-10-21(24(18)30)29(31,32)27(4,5)38/h8-10,13-15,17,38H,7,11-12H2,1-6H3,(H,33,35)/t15-,28?/m1/s1. The number of aryl methyl sites for hydroxylation is 1. The van der Waals surface area contributed by atoms with Crippen LogP contribution in [0.4, 0.5) is 24.7 Å². The van der Waals surface area contributed by atoms with Crippen molar-refractivity contribution in [3.63, 3.8) is 0 Å². The van der Waals surface area contributed by atoms with Gasteiger partial charge in [0.15, 0.2) is 11.4 Å². The lowest BCUT2D eigenvalue weighted by Crippen LogP contribution is -2.41. The molecular weight excluding hydrogens is 509 g/mol. The number of aliphatic hydroxyl groups is 1. The number of anilines is 2. The molecule has 0 saturated heterocycles. The smallest absolute Gasteiger partial charge is 0.303 e. The number of carbonyl (C=O) groups is 1. The summed E-state index contributed by atoms with van der Waals surface area (Å²) in [7, 11) is 0. The Balaban J connectivity index is 1.59. The number of rotatable bonds is 8. The number of benzene rings is 2. The normalized spacial score (nSPS) is 20.5. The van der Waals surface area contributed by atoms with Crippen molar-refractivity contribution in [2.75, 3.05) is 16.8 Å². The van der Waals surface area contributed by atoms with Crippen LogP contribution in [0.3, 0.4) is 0 Å². The molecule has 7 nitrogen and oxygen atoms in total. The van der Waals surface area contributed by atoms with Crippen molar-refractivity contribution in [2.45, 2.75) is 83.6 Å². The van der Waals surface area contributed by atoms with Gasteiger partial charge in [-0.15, -0.1) is 5.10 Å². The molecule has 0 spiro atoms. The molecule has 10 heteroatoms. The van der Waals surface area contributed by atoms with Crippen LogP contribution in [-0.2, 0) is 21.1 Å². The number of nitrogens with one attached hydrogen (secondary N) is 1. The molecule has 39 heavy (non-hydrogen) atoms. The van der Waals surface area contributed by atoms with E-state index in [1.807, 2.05) is 26.0 Å². The third-order valence-electron chi connectivity index (χ3n) is 7.78. The molecule has 3 aromatic rings. The summed E-state index contributed by atoms with van der Waals surface area (Å²) in [5.74, 6) is -4.69. The highest BCUT2D eigenvalue weighted by Crippen LogP contribution is 2.49. The van der Waals surface area contributed by atoms with Crippen LogP contribution in [0.2, 0.25) is 0 Å². The number of hydrogen-bond acceptors (Lipinski definition) is 6. The number of carbonyl (C=O) groups excluding carboxylic acids is 1. The summed E-state index contributed by atoms with van der Waals surface area (Å²) in [4.78, 5) is 15.3. The molecule has 1 saturated carbocycles. The summed E-state index contributed by atoms with van der Waals surface area (Å²) in [5.41, 5.74) is -2.32. The van der Waals surface area contributed by atoms with Crippen LogP contribution in [0, 0.1) is 12.7 Å². The topological polar surface area (TPSA) is 87.6 Å². The highest BCUT2D eigenvalue weighted by Gasteiger charge is 2.53. The zero-order chi connectivity index (χ0) is 28.5. The Morgan fingerprint density at radius 3 is 2.54 bits per heavy atom. The minimum absolute atomic E-state index is 0.00758. The lowest BCUT2D eigenvalue weighted by Gasteiger charge is -2.30. The first-order valence-electron chi connectivity index (χ1n) is 13.2. The highest BCUT2D eigenvalue weighted by molar-refractivity contribution is 6.11. The average molecular weight is 543 g/mol. The van der Waals surface area contributed by atoms with Crippen LogP contribution >= 0.6 is 0 Å². The first-order valence-corrected chi connectivity index (χ1v) is 13.2. The van der Waals surface area contributed by atoms with Gasteiger partial charge in [-0.2, -0.15) is 13.9 Å². The van der Waals surface area contributed by atoms with Gasteiger partial charge in [0.1, 0.15) is 11.4 Å². The molecule has 2 aliphatic rings. The van der Waals surface area contributed by atoms with Gasteiger partial charge in [0.2, 0.25) is 0 Å². The van der Waals surface area contributed by atoms with Gasteiger partial charge < -0.3 is 20.1 Å². The molecule has 1 fully saturated rings. The minimum atomic E-state index is -3.81. The third-order valence-corrected chi connectivity index (χ3v) is 7.78. The van der Waals surface area contributed by atoms with Crippen molar-refractivity contribution >= 4 is 28.2 Å². The van der Waals surface area contributed by atoms with E-state index in [9.17, 15) is 18.7 Å². The quantitative estimate of drug-likeness (QED) is 0.370. The SMILES string of the molecule is CCOC1(C)C(=O)N(C2CC2)c2cc3c(N[C@H](C)c4cccc(C(F)(F)C(C)(C)O)c4F)nnc(C)c3cc21. The van der Waals surface area contributed by atoms with Crippen LogP contribution in [-0.4, -0.2) is 39.5 Å². The van der Waals surface area contributed by atoms with Crippen LogP contribution in [0.5, 0.6) is 0 Å². The largest absolute Gasteiger partial charge is 0.384 e.